The zero-order chi connectivity index (χ0) is 24.3. The second-order valence-electron chi connectivity index (χ2n) is 7.24. The number of nitrogens with one attached hydrogen (secondary N) is 2. The molecule has 2 aromatic rings. The predicted octanol–water partition coefficient (Wildman–Crippen LogP) is 2.57. The zero-order valence-electron chi connectivity index (χ0n) is 18.2. The molecule has 2 amide bonds. The third-order valence-electron chi connectivity index (χ3n) is 4.86. The van der Waals surface area contributed by atoms with Crippen LogP contribution in [0.3, 0.4) is 0 Å². The first-order chi connectivity index (χ1) is 16.4. The molecule has 1 saturated heterocycles. The van der Waals surface area contributed by atoms with Crippen LogP contribution in [0.2, 0.25) is 5.02 Å². The minimum atomic E-state index is -0.892. The Kier molecular flexibility index (Phi) is 9.42. The van der Waals surface area contributed by atoms with Gasteiger partial charge in [-0.2, -0.15) is 0 Å². The van der Waals surface area contributed by atoms with Crippen molar-refractivity contribution in [3.05, 3.63) is 71.3 Å². The number of carbonyl (C=O) groups excluding carboxylic acids is 3. The number of amides is 2. The fraction of sp³-hybridized carbons (Fsp3) is 0.250. The van der Waals surface area contributed by atoms with Gasteiger partial charge >= 0.3 is 5.97 Å². The van der Waals surface area contributed by atoms with Crippen molar-refractivity contribution in [3.63, 3.8) is 0 Å². The maximum absolute atomic E-state index is 12.4. The van der Waals surface area contributed by atoms with Gasteiger partial charge < -0.3 is 19.7 Å². The number of esters is 1. The third-order valence-corrected chi connectivity index (χ3v) is 5.54. The molecule has 0 radical (unpaired) electrons. The van der Waals surface area contributed by atoms with Crippen molar-refractivity contribution in [2.45, 2.75) is 12.5 Å². The van der Waals surface area contributed by atoms with Gasteiger partial charge in [0.2, 0.25) is 11.8 Å². The van der Waals surface area contributed by atoms with Crippen LogP contribution in [0.25, 0.3) is 6.08 Å². The minimum absolute atomic E-state index is 0.0378. The lowest BCUT2D eigenvalue weighted by molar-refractivity contribution is -0.148. The number of carbonyl (C=O) groups is 3. The molecule has 0 aliphatic carbocycles. The molecule has 0 spiro atoms. The number of hydrogen-bond donors (Lipinski definition) is 2. The number of hydrogen-bond acceptors (Lipinski definition) is 6. The van der Waals surface area contributed by atoms with Crippen molar-refractivity contribution in [2.24, 2.45) is 0 Å². The van der Waals surface area contributed by atoms with Gasteiger partial charge in [-0.05, 0) is 42.1 Å². The highest BCUT2D eigenvalue weighted by atomic mass is 35.5. The van der Waals surface area contributed by atoms with E-state index in [4.69, 9.17) is 33.3 Å². The summed E-state index contributed by atoms with van der Waals surface area (Å²) in [4.78, 5) is 38.6. The van der Waals surface area contributed by atoms with Crippen molar-refractivity contribution >= 4 is 52.8 Å². The molecule has 8 nitrogen and oxygen atoms in total. The van der Waals surface area contributed by atoms with Gasteiger partial charge in [-0.15, -0.1) is 0 Å². The second-order valence-corrected chi connectivity index (χ2v) is 8.03. The van der Waals surface area contributed by atoms with Crippen LogP contribution >= 0.6 is 23.8 Å². The van der Waals surface area contributed by atoms with Gasteiger partial charge in [0.1, 0.15) is 25.0 Å². The van der Waals surface area contributed by atoms with Gasteiger partial charge in [0.15, 0.2) is 5.11 Å². The van der Waals surface area contributed by atoms with E-state index in [1.54, 1.807) is 42.5 Å². The van der Waals surface area contributed by atoms with E-state index >= 15 is 0 Å². The van der Waals surface area contributed by atoms with Crippen molar-refractivity contribution in [1.82, 2.24) is 15.5 Å². The Labute approximate surface area is 207 Å². The Hall–Kier alpha value is -3.43. The summed E-state index contributed by atoms with van der Waals surface area (Å²) >= 11 is 11.4. The number of thiocarbonyl (C=S) groups is 1. The number of halogens is 1. The molecule has 2 aromatic carbocycles. The van der Waals surface area contributed by atoms with E-state index in [1.165, 1.54) is 11.0 Å². The van der Waals surface area contributed by atoms with Crippen molar-refractivity contribution in [2.75, 3.05) is 26.3 Å². The lowest BCUT2D eigenvalue weighted by atomic mass is 10.1. The third kappa shape index (κ3) is 7.57. The van der Waals surface area contributed by atoms with Crippen molar-refractivity contribution < 1.29 is 23.9 Å². The van der Waals surface area contributed by atoms with Crippen LogP contribution in [0.4, 0.5) is 0 Å². The molecular formula is C24H24ClN3O5S. The second kappa shape index (κ2) is 12.7. The topological polar surface area (TPSA) is 97.0 Å². The van der Waals surface area contributed by atoms with Crippen LogP contribution in [-0.4, -0.2) is 60.1 Å². The molecule has 34 heavy (non-hydrogen) atoms. The van der Waals surface area contributed by atoms with E-state index in [9.17, 15) is 14.4 Å². The van der Waals surface area contributed by atoms with Gasteiger partial charge in [-0.1, -0.05) is 48.0 Å². The van der Waals surface area contributed by atoms with Crippen LogP contribution in [0.15, 0.2) is 60.7 Å². The van der Waals surface area contributed by atoms with Gasteiger partial charge in [0.25, 0.3) is 0 Å². The maximum Gasteiger partial charge on any atom is 0.308 e. The average molecular weight is 502 g/mol. The first-order valence-corrected chi connectivity index (χ1v) is 11.4. The Morgan fingerprint density at radius 1 is 1.15 bits per heavy atom. The van der Waals surface area contributed by atoms with Gasteiger partial charge in [0.05, 0.1) is 6.42 Å². The van der Waals surface area contributed by atoms with Crippen LogP contribution in [-0.2, 0) is 19.1 Å². The first kappa shape index (κ1) is 25.2. The Morgan fingerprint density at radius 3 is 2.65 bits per heavy atom. The fourth-order valence-corrected chi connectivity index (χ4v) is 3.72. The molecule has 1 aliphatic rings. The van der Waals surface area contributed by atoms with E-state index in [2.05, 4.69) is 10.6 Å². The molecule has 1 heterocycles. The maximum atomic E-state index is 12.4. The zero-order valence-corrected chi connectivity index (χ0v) is 19.8. The van der Waals surface area contributed by atoms with E-state index < -0.39 is 17.9 Å². The quantitative estimate of drug-likeness (QED) is 0.248. The van der Waals surface area contributed by atoms with E-state index in [1.807, 2.05) is 18.2 Å². The smallest absolute Gasteiger partial charge is 0.308 e. The minimum Gasteiger partial charge on any atom is -0.490 e. The summed E-state index contributed by atoms with van der Waals surface area (Å²) < 4.78 is 10.7. The number of nitrogens with zero attached hydrogens (tertiary/aromatic N) is 1. The largest absolute Gasteiger partial charge is 0.490 e. The van der Waals surface area contributed by atoms with Gasteiger partial charge in [-0.25, -0.2) is 0 Å². The molecule has 178 valence electrons. The highest BCUT2D eigenvalue weighted by Gasteiger charge is 2.34. The van der Waals surface area contributed by atoms with E-state index in [-0.39, 0.29) is 30.7 Å². The number of benzene rings is 2. The monoisotopic (exact) mass is 501 g/mol. The Morgan fingerprint density at radius 2 is 1.88 bits per heavy atom. The fourth-order valence-electron chi connectivity index (χ4n) is 3.20. The molecule has 2 N–H and O–H groups in total. The summed E-state index contributed by atoms with van der Waals surface area (Å²) in [7, 11) is 0. The van der Waals surface area contributed by atoms with Crippen LogP contribution < -0.4 is 15.4 Å². The van der Waals surface area contributed by atoms with Crippen LogP contribution in [0.5, 0.6) is 5.75 Å². The summed E-state index contributed by atoms with van der Waals surface area (Å²) in [5, 5.41) is 5.83. The number of rotatable bonds is 8. The molecule has 0 bridgehead atoms. The highest BCUT2D eigenvalue weighted by Crippen LogP contribution is 2.16. The summed E-state index contributed by atoms with van der Waals surface area (Å²) in [6.45, 7) is 0.896. The Bertz CT molecular complexity index is 1060. The standard InChI is InChI=1S/C24H24ClN3O5S/c25-19-9-5-4-6-17(19)10-11-21(29)27-24(34)28-13-12-26-23(31)20(28)16-22(30)33-15-14-32-18-7-2-1-3-8-18/h1-11,20H,12-16H2,(H,26,31)(H,27,29,34). The lowest BCUT2D eigenvalue weighted by Crippen LogP contribution is -2.60. The summed E-state index contributed by atoms with van der Waals surface area (Å²) in [6, 6.07) is 15.3. The van der Waals surface area contributed by atoms with Crippen molar-refractivity contribution in [3.8, 4) is 5.75 Å². The molecule has 1 fully saturated rings. The van der Waals surface area contributed by atoms with E-state index in [0.717, 1.165) is 0 Å². The SMILES string of the molecule is O=C(C=Cc1ccccc1Cl)NC(=S)N1CCNC(=O)C1CC(=O)OCCOc1ccccc1. The van der Waals surface area contributed by atoms with E-state index in [0.29, 0.717) is 29.4 Å². The molecule has 3 rings (SSSR count). The number of piperazine rings is 1. The summed E-state index contributed by atoms with van der Waals surface area (Å²) in [6.07, 6.45) is 2.64. The van der Waals surface area contributed by atoms with Gasteiger partial charge in [0, 0.05) is 24.2 Å². The lowest BCUT2D eigenvalue weighted by Gasteiger charge is -2.36. The normalized spacial score (nSPS) is 15.5. The first-order valence-electron chi connectivity index (χ1n) is 10.6. The molecule has 10 heteroatoms. The van der Waals surface area contributed by atoms with Crippen LogP contribution in [0, 0.1) is 0 Å². The van der Waals surface area contributed by atoms with Crippen LogP contribution in [0.1, 0.15) is 12.0 Å². The summed E-state index contributed by atoms with van der Waals surface area (Å²) in [5.41, 5.74) is 0.680. The average Bonchev–Trinajstić information content (AvgIpc) is 2.83. The number of ether oxygens (including phenoxy) is 2. The number of para-hydroxylation sites is 1. The molecule has 0 aromatic heterocycles. The molecule has 1 aliphatic heterocycles. The molecule has 1 atom stereocenters. The van der Waals surface area contributed by atoms with Gasteiger partial charge in [-0.3, -0.25) is 19.7 Å². The predicted molar refractivity (Wildman–Crippen MR) is 132 cm³/mol. The Balaban J connectivity index is 1.50. The van der Waals surface area contributed by atoms with Crippen molar-refractivity contribution in [1.29, 1.82) is 0 Å². The molecule has 1 unspecified atom stereocenters. The highest BCUT2D eigenvalue weighted by molar-refractivity contribution is 7.80. The molecule has 0 saturated carbocycles. The summed E-state index contributed by atoms with van der Waals surface area (Å²) in [5.74, 6) is -0.750. The molecular weight excluding hydrogens is 478 g/mol.